The highest BCUT2D eigenvalue weighted by Crippen LogP contribution is 2.53. The van der Waals surface area contributed by atoms with Crippen LogP contribution in [0.1, 0.15) is 63.3 Å². The van der Waals surface area contributed by atoms with Gasteiger partial charge in [-0.15, -0.1) is 5.10 Å². The standard InChI is InChI=1S/C16H23N3O4/c1-15(2)22-13-14(23-15)21-10-8-19-12(16(10,13)20)11(17-18-19)9-6-4-3-5-7-9/h9-10,13-14,20H,3-8H2,1-2H3/t10-,13+,14-,16+/m1/s1. The number of hydrogen-bond acceptors (Lipinski definition) is 6. The molecule has 0 bridgehead atoms. The lowest BCUT2D eigenvalue weighted by molar-refractivity contribution is -0.228. The van der Waals surface area contributed by atoms with Gasteiger partial charge in [-0.1, -0.05) is 24.5 Å². The smallest absolute Gasteiger partial charge is 0.191 e. The first-order valence-electron chi connectivity index (χ1n) is 8.66. The fourth-order valence-electron chi connectivity index (χ4n) is 4.72. The van der Waals surface area contributed by atoms with Crippen LogP contribution in [0.2, 0.25) is 0 Å². The van der Waals surface area contributed by atoms with Crippen LogP contribution >= 0.6 is 0 Å². The van der Waals surface area contributed by atoms with Crippen LogP contribution in [0.4, 0.5) is 0 Å². The van der Waals surface area contributed by atoms with E-state index < -0.39 is 23.8 Å². The molecule has 23 heavy (non-hydrogen) atoms. The Kier molecular flexibility index (Phi) is 2.83. The zero-order chi connectivity index (χ0) is 15.8. The maximum absolute atomic E-state index is 11.6. The van der Waals surface area contributed by atoms with E-state index in [1.165, 1.54) is 19.3 Å². The van der Waals surface area contributed by atoms with Crippen molar-refractivity contribution in [1.82, 2.24) is 15.0 Å². The van der Waals surface area contributed by atoms with E-state index in [9.17, 15) is 5.11 Å². The minimum Gasteiger partial charge on any atom is -0.378 e. The molecule has 0 radical (unpaired) electrons. The Morgan fingerprint density at radius 1 is 1.17 bits per heavy atom. The molecular weight excluding hydrogens is 298 g/mol. The number of ether oxygens (including phenoxy) is 3. The molecule has 126 valence electrons. The topological polar surface area (TPSA) is 78.6 Å². The molecule has 3 fully saturated rings. The molecule has 1 aliphatic carbocycles. The third-order valence-electron chi connectivity index (χ3n) is 5.75. The van der Waals surface area contributed by atoms with Crippen molar-refractivity contribution in [1.29, 1.82) is 0 Å². The molecule has 0 amide bonds. The zero-order valence-electron chi connectivity index (χ0n) is 13.6. The molecule has 1 aromatic rings. The van der Waals surface area contributed by atoms with Gasteiger partial charge in [0.1, 0.15) is 12.2 Å². The average Bonchev–Trinajstić information content (AvgIpc) is 3.19. The van der Waals surface area contributed by atoms with E-state index in [1.807, 2.05) is 13.8 Å². The van der Waals surface area contributed by atoms with Crippen molar-refractivity contribution in [3.8, 4) is 0 Å². The Morgan fingerprint density at radius 2 is 1.96 bits per heavy atom. The maximum atomic E-state index is 11.6. The third-order valence-corrected chi connectivity index (χ3v) is 5.75. The van der Waals surface area contributed by atoms with Crippen LogP contribution in [0, 0.1) is 0 Å². The lowest BCUT2D eigenvalue weighted by Gasteiger charge is -2.30. The van der Waals surface area contributed by atoms with Crippen LogP contribution in [-0.4, -0.2) is 44.4 Å². The average molecular weight is 321 g/mol. The minimum absolute atomic E-state index is 0.374. The molecule has 5 rings (SSSR count). The van der Waals surface area contributed by atoms with Crippen molar-refractivity contribution in [2.24, 2.45) is 0 Å². The van der Waals surface area contributed by atoms with Crippen LogP contribution in [0.25, 0.3) is 0 Å². The van der Waals surface area contributed by atoms with Crippen molar-refractivity contribution in [3.63, 3.8) is 0 Å². The van der Waals surface area contributed by atoms with E-state index in [-0.39, 0.29) is 6.10 Å². The molecule has 3 aliphatic heterocycles. The number of aliphatic hydroxyl groups is 1. The summed E-state index contributed by atoms with van der Waals surface area (Å²) >= 11 is 0. The molecule has 7 heteroatoms. The molecule has 4 aliphatic rings. The van der Waals surface area contributed by atoms with Gasteiger partial charge >= 0.3 is 0 Å². The molecule has 7 nitrogen and oxygen atoms in total. The van der Waals surface area contributed by atoms with E-state index in [0.29, 0.717) is 12.5 Å². The van der Waals surface area contributed by atoms with E-state index in [1.54, 1.807) is 4.68 Å². The summed E-state index contributed by atoms with van der Waals surface area (Å²) in [7, 11) is 0. The minimum atomic E-state index is -1.21. The van der Waals surface area contributed by atoms with Gasteiger partial charge in [0.2, 0.25) is 0 Å². The van der Waals surface area contributed by atoms with Gasteiger partial charge in [0.15, 0.2) is 17.7 Å². The first-order chi connectivity index (χ1) is 11.0. The molecule has 4 atom stereocenters. The Hall–Kier alpha value is -1.02. The first-order valence-corrected chi connectivity index (χ1v) is 8.66. The second-order valence-electron chi connectivity index (χ2n) is 7.71. The highest BCUT2D eigenvalue weighted by molar-refractivity contribution is 5.32. The van der Waals surface area contributed by atoms with Gasteiger partial charge in [-0.3, -0.25) is 0 Å². The molecule has 1 aromatic heterocycles. The summed E-state index contributed by atoms with van der Waals surface area (Å²) in [4.78, 5) is 0. The van der Waals surface area contributed by atoms with Gasteiger partial charge in [-0.05, 0) is 26.7 Å². The molecular formula is C16H23N3O4. The number of hydrogen-bond donors (Lipinski definition) is 1. The summed E-state index contributed by atoms with van der Waals surface area (Å²) in [5.74, 6) is -0.369. The summed E-state index contributed by atoms with van der Waals surface area (Å²) in [6.07, 6.45) is 4.52. The van der Waals surface area contributed by atoms with Gasteiger partial charge in [0.25, 0.3) is 0 Å². The van der Waals surface area contributed by atoms with Crippen molar-refractivity contribution in [2.45, 2.75) is 88.3 Å². The van der Waals surface area contributed by atoms with E-state index in [0.717, 1.165) is 24.2 Å². The highest BCUT2D eigenvalue weighted by atomic mass is 16.8. The van der Waals surface area contributed by atoms with Crippen molar-refractivity contribution < 1.29 is 19.3 Å². The van der Waals surface area contributed by atoms with Gasteiger partial charge in [0, 0.05) is 5.92 Å². The third kappa shape index (κ3) is 1.85. The monoisotopic (exact) mass is 321 g/mol. The van der Waals surface area contributed by atoms with Crippen LogP contribution in [0.3, 0.4) is 0 Å². The molecule has 1 N–H and O–H groups in total. The van der Waals surface area contributed by atoms with E-state index >= 15 is 0 Å². The molecule has 0 unspecified atom stereocenters. The fraction of sp³-hybridized carbons (Fsp3) is 0.875. The Labute approximate surface area is 134 Å². The largest absolute Gasteiger partial charge is 0.378 e. The van der Waals surface area contributed by atoms with Crippen LogP contribution < -0.4 is 0 Å². The van der Waals surface area contributed by atoms with Crippen molar-refractivity contribution >= 4 is 0 Å². The number of nitrogens with zero attached hydrogens (tertiary/aromatic N) is 3. The second kappa shape index (κ2) is 4.53. The summed E-state index contributed by atoms with van der Waals surface area (Å²) < 4.78 is 19.5. The molecule has 2 saturated heterocycles. The predicted octanol–water partition coefficient (Wildman–Crippen LogP) is 1.40. The molecule has 0 spiro atoms. The lowest BCUT2D eigenvalue weighted by Crippen LogP contribution is -2.44. The van der Waals surface area contributed by atoms with E-state index in [4.69, 9.17) is 14.2 Å². The molecule has 0 aromatic carbocycles. The van der Waals surface area contributed by atoms with Crippen LogP contribution in [0.15, 0.2) is 0 Å². The van der Waals surface area contributed by atoms with Gasteiger partial charge in [0.05, 0.1) is 17.9 Å². The quantitative estimate of drug-likeness (QED) is 0.842. The molecule has 4 heterocycles. The Balaban J connectivity index is 1.56. The number of aromatic nitrogens is 3. The summed E-state index contributed by atoms with van der Waals surface area (Å²) in [5.41, 5.74) is 0.518. The fourth-order valence-corrected chi connectivity index (χ4v) is 4.72. The maximum Gasteiger partial charge on any atom is 0.191 e. The van der Waals surface area contributed by atoms with Crippen molar-refractivity contribution in [3.05, 3.63) is 11.4 Å². The lowest BCUT2D eigenvalue weighted by atomic mass is 9.82. The number of fused-ring (bicyclic) bond motifs is 5. The van der Waals surface area contributed by atoms with Crippen molar-refractivity contribution in [2.75, 3.05) is 0 Å². The second-order valence-corrected chi connectivity index (χ2v) is 7.71. The first kappa shape index (κ1) is 14.3. The Morgan fingerprint density at radius 3 is 2.74 bits per heavy atom. The summed E-state index contributed by atoms with van der Waals surface area (Å²) in [6, 6.07) is 0. The molecule has 1 saturated carbocycles. The number of rotatable bonds is 1. The zero-order valence-corrected chi connectivity index (χ0v) is 13.6. The summed E-state index contributed by atoms with van der Waals surface area (Å²) in [5, 5.41) is 20.3. The van der Waals surface area contributed by atoms with Crippen LogP contribution in [0.5, 0.6) is 0 Å². The summed E-state index contributed by atoms with van der Waals surface area (Å²) in [6.45, 7) is 4.20. The van der Waals surface area contributed by atoms with E-state index in [2.05, 4.69) is 10.3 Å². The SMILES string of the molecule is CC1(C)O[C@H]2O[C@@H]3Cn4nnc(C5CCCCC5)c4[C@]3(O)[C@H]2O1. The van der Waals surface area contributed by atoms with Gasteiger partial charge in [-0.25, -0.2) is 4.68 Å². The Bertz CT molecular complexity index is 639. The highest BCUT2D eigenvalue weighted by Gasteiger charge is 2.68. The predicted molar refractivity (Wildman–Crippen MR) is 78.4 cm³/mol. The van der Waals surface area contributed by atoms with Gasteiger partial charge in [-0.2, -0.15) is 0 Å². The van der Waals surface area contributed by atoms with Gasteiger partial charge < -0.3 is 19.3 Å². The normalized spacial score (nSPS) is 41.8. The van der Waals surface area contributed by atoms with Crippen LogP contribution in [-0.2, 0) is 26.4 Å².